The van der Waals surface area contributed by atoms with E-state index in [1.165, 1.54) is 120 Å². The lowest BCUT2D eigenvalue weighted by atomic mass is 10.0. The van der Waals surface area contributed by atoms with Crippen molar-refractivity contribution in [2.75, 3.05) is 20.1 Å². The van der Waals surface area contributed by atoms with E-state index in [0.29, 0.717) is 6.42 Å². The Morgan fingerprint density at radius 3 is 1.47 bits per heavy atom. The van der Waals surface area contributed by atoms with Gasteiger partial charge >= 0.3 is 0 Å². The predicted molar refractivity (Wildman–Crippen MR) is 148 cm³/mol. The van der Waals surface area contributed by atoms with Crippen LogP contribution in [0, 0.1) is 6.92 Å². The summed E-state index contributed by atoms with van der Waals surface area (Å²) in [6.07, 6.45) is 21.9. The Morgan fingerprint density at radius 1 is 0.722 bits per heavy atom. The molecule has 0 fully saturated rings. The number of aryl methyl sites for hydroxylation is 1. The maximum atomic E-state index is 10.4. The van der Waals surface area contributed by atoms with Gasteiger partial charge in [0.2, 0.25) is 0 Å². The number of hydrogen-bond acceptors (Lipinski definition) is 5. The van der Waals surface area contributed by atoms with E-state index in [9.17, 15) is 13.0 Å². The highest BCUT2D eigenvalue weighted by molar-refractivity contribution is 7.85. The Hall–Kier alpha value is -0.990. The summed E-state index contributed by atoms with van der Waals surface area (Å²) >= 11 is 0. The zero-order chi connectivity index (χ0) is 27.1. The minimum absolute atomic E-state index is 0.178. The van der Waals surface area contributed by atoms with Gasteiger partial charge in [-0.25, -0.2) is 8.42 Å². The van der Waals surface area contributed by atoms with E-state index in [1.54, 1.807) is 12.1 Å². The lowest BCUT2D eigenvalue weighted by Crippen LogP contribution is -3.09. The van der Waals surface area contributed by atoms with Crippen LogP contribution in [0.15, 0.2) is 29.2 Å². The SMILES string of the molecule is CCCCCCCCCCCCCCCCCC[NH+](C)CCC(O)O.Cc1ccc(S(=O)(=O)[O-])cc1. The van der Waals surface area contributed by atoms with Crippen LogP contribution in [0.25, 0.3) is 0 Å². The number of benzene rings is 1. The average molecular weight is 530 g/mol. The highest BCUT2D eigenvalue weighted by Gasteiger charge is 2.05. The fraction of sp³-hybridized carbons (Fsp3) is 0.793. The maximum absolute atomic E-state index is 10.4. The molecule has 0 amide bonds. The summed E-state index contributed by atoms with van der Waals surface area (Å²) in [5, 5.41) is 17.7. The fourth-order valence-corrected chi connectivity index (χ4v) is 4.65. The average Bonchev–Trinajstić information content (AvgIpc) is 2.82. The first kappa shape index (κ1) is 35.0. The molecule has 0 radical (unpaired) electrons. The molecule has 0 aliphatic heterocycles. The molecule has 0 aliphatic carbocycles. The van der Waals surface area contributed by atoms with Crippen molar-refractivity contribution in [3.8, 4) is 0 Å². The molecule has 0 bridgehead atoms. The largest absolute Gasteiger partial charge is 0.744 e. The maximum Gasteiger partial charge on any atom is 0.156 e. The highest BCUT2D eigenvalue weighted by Crippen LogP contribution is 2.13. The summed E-state index contributed by atoms with van der Waals surface area (Å²) in [4.78, 5) is 1.24. The van der Waals surface area contributed by atoms with Crippen molar-refractivity contribution in [2.24, 2.45) is 0 Å². The van der Waals surface area contributed by atoms with Gasteiger partial charge < -0.3 is 19.7 Å². The number of hydrogen-bond donors (Lipinski definition) is 3. The van der Waals surface area contributed by atoms with Crippen molar-refractivity contribution in [1.29, 1.82) is 0 Å². The summed E-state index contributed by atoms with van der Waals surface area (Å²) in [7, 11) is -2.12. The van der Waals surface area contributed by atoms with Crippen LogP contribution < -0.4 is 4.90 Å². The molecule has 7 heteroatoms. The zero-order valence-corrected chi connectivity index (χ0v) is 24.2. The van der Waals surface area contributed by atoms with E-state index >= 15 is 0 Å². The van der Waals surface area contributed by atoms with Crippen LogP contribution in [-0.4, -0.2) is 49.6 Å². The van der Waals surface area contributed by atoms with Gasteiger partial charge in [-0.2, -0.15) is 0 Å². The summed E-state index contributed by atoms with van der Waals surface area (Å²) in [5.41, 5.74) is 0.928. The van der Waals surface area contributed by atoms with Gasteiger partial charge in [-0.1, -0.05) is 115 Å². The van der Waals surface area contributed by atoms with Crippen molar-refractivity contribution < 1.29 is 28.1 Å². The third kappa shape index (κ3) is 23.4. The Kier molecular flexibility index (Phi) is 22.5. The molecule has 1 aromatic rings. The van der Waals surface area contributed by atoms with Crippen LogP contribution in [0.4, 0.5) is 0 Å². The van der Waals surface area contributed by atoms with E-state index in [2.05, 4.69) is 14.0 Å². The van der Waals surface area contributed by atoms with Crippen LogP contribution in [0.1, 0.15) is 122 Å². The lowest BCUT2D eigenvalue weighted by molar-refractivity contribution is -0.880. The monoisotopic (exact) mass is 529 g/mol. The van der Waals surface area contributed by atoms with Crippen molar-refractivity contribution in [2.45, 2.75) is 134 Å². The van der Waals surface area contributed by atoms with Gasteiger partial charge in [0.05, 0.1) is 25.0 Å². The molecule has 0 aliphatic rings. The molecule has 0 saturated heterocycles. The van der Waals surface area contributed by atoms with Gasteiger partial charge in [0.1, 0.15) is 10.1 Å². The van der Waals surface area contributed by atoms with Crippen molar-refractivity contribution in [3.63, 3.8) is 0 Å². The predicted octanol–water partition coefficient (Wildman–Crippen LogP) is 5.36. The lowest BCUT2D eigenvalue weighted by Gasteiger charge is -2.14. The third-order valence-corrected chi connectivity index (χ3v) is 7.45. The van der Waals surface area contributed by atoms with Crippen LogP contribution in [0.5, 0.6) is 0 Å². The molecule has 6 nitrogen and oxygen atoms in total. The molecule has 1 atom stereocenters. The molecule has 0 heterocycles. The third-order valence-electron chi connectivity index (χ3n) is 6.60. The molecule has 3 N–H and O–H groups in total. The molecule has 212 valence electrons. The van der Waals surface area contributed by atoms with Gasteiger partial charge in [0, 0.05) is 6.42 Å². The number of quaternary nitrogens is 1. The summed E-state index contributed by atoms with van der Waals surface area (Å²) in [5.74, 6) is 0. The minimum Gasteiger partial charge on any atom is -0.744 e. The number of aliphatic hydroxyl groups excluding tert-OH is 1. The number of nitrogens with one attached hydrogen (secondary N) is 1. The second-order valence-electron chi connectivity index (χ2n) is 10.3. The van der Waals surface area contributed by atoms with Crippen molar-refractivity contribution >= 4 is 10.1 Å². The number of aliphatic hydroxyl groups is 2. The standard InChI is InChI=1S/C22H47NO2.C7H8O3S/c1-3-4-5-6-7-8-9-10-11-12-13-14-15-16-17-18-20-23(2)21-19-22(24)25;1-6-2-4-7(5-3-6)11(8,9)10/h22,24-25H,3-21H2,1-2H3;2-5H,1H3,(H,8,9,10). The van der Waals surface area contributed by atoms with Crippen molar-refractivity contribution in [3.05, 3.63) is 29.8 Å². The molecule has 0 saturated carbocycles. The second kappa shape index (κ2) is 23.2. The minimum atomic E-state index is -4.27. The van der Waals surface area contributed by atoms with Gasteiger partial charge in [0.25, 0.3) is 0 Å². The molecule has 1 aromatic carbocycles. The molecular formula is C29H55NO5S. The summed E-state index contributed by atoms with van der Waals surface area (Å²) < 4.78 is 31.2. The molecule has 36 heavy (non-hydrogen) atoms. The topological polar surface area (TPSA) is 102 Å². The normalized spacial score (nSPS) is 12.4. The van der Waals surface area contributed by atoms with E-state index in [-0.39, 0.29) is 4.90 Å². The molecule has 0 spiro atoms. The molecule has 1 rings (SSSR count). The molecule has 1 unspecified atom stereocenters. The Labute approximate surface area is 222 Å². The second-order valence-corrected chi connectivity index (χ2v) is 11.7. The Morgan fingerprint density at radius 2 is 1.11 bits per heavy atom. The summed E-state index contributed by atoms with van der Waals surface area (Å²) in [6.45, 7) is 6.12. The van der Waals surface area contributed by atoms with Crippen LogP contribution in [0.3, 0.4) is 0 Å². The van der Waals surface area contributed by atoms with Crippen molar-refractivity contribution in [1.82, 2.24) is 0 Å². The van der Waals surface area contributed by atoms with E-state index in [1.807, 2.05) is 6.92 Å². The smallest absolute Gasteiger partial charge is 0.156 e. The van der Waals surface area contributed by atoms with E-state index < -0.39 is 16.4 Å². The van der Waals surface area contributed by atoms with Gasteiger partial charge in [-0.05, 0) is 31.9 Å². The molecular weight excluding hydrogens is 474 g/mol. The van der Waals surface area contributed by atoms with Crippen LogP contribution >= 0.6 is 0 Å². The first-order valence-electron chi connectivity index (χ1n) is 14.4. The Bertz CT molecular complexity index is 707. The van der Waals surface area contributed by atoms with Gasteiger partial charge in [-0.3, -0.25) is 0 Å². The number of unbranched alkanes of at least 4 members (excludes halogenated alkanes) is 15. The summed E-state index contributed by atoms with van der Waals surface area (Å²) in [6, 6.07) is 5.78. The van der Waals surface area contributed by atoms with Crippen LogP contribution in [-0.2, 0) is 10.1 Å². The fourth-order valence-electron chi connectivity index (χ4n) is 4.18. The van der Waals surface area contributed by atoms with E-state index in [0.717, 1.165) is 18.7 Å². The van der Waals surface area contributed by atoms with Crippen LogP contribution in [0.2, 0.25) is 0 Å². The quantitative estimate of drug-likeness (QED) is 0.113. The Balaban J connectivity index is 0.000000918. The van der Waals surface area contributed by atoms with Gasteiger partial charge in [0.15, 0.2) is 6.29 Å². The number of rotatable bonds is 21. The molecule has 0 aromatic heterocycles. The van der Waals surface area contributed by atoms with Gasteiger partial charge in [-0.15, -0.1) is 0 Å². The zero-order valence-electron chi connectivity index (χ0n) is 23.3. The first-order chi connectivity index (χ1) is 17.2. The first-order valence-corrected chi connectivity index (χ1v) is 15.8. The van der Waals surface area contributed by atoms with E-state index in [4.69, 9.17) is 10.2 Å². The highest BCUT2D eigenvalue weighted by atomic mass is 32.2.